The van der Waals surface area contributed by atoms with E-state index in [1.165, 1.54) is 13.3 Å². The molecule has 1 saturated carbocycles. The third-order valence-corrected chi connectivity index (χ3v) is 4.09. The Bertz CT molecular complexity index is 255. The molecule has 0 spiro atoms. The number of hydrogen-bond donors (Lipinski definition) is 1. The lowest BCUT2D eigenvalue weighted by atomic mass is 10.2. The van der Waals surface area contributed by atoms with Crippen LogP contribution in [0.3, 0.4) is 0 Å². The Morgan fingerprint density at radius 2 is 2.06 bits per heavy atom. The minimum absolute atomic E-state index is 0.0300. The van der Waals surface area contributed by atoms with Crippen molar-refractivity contribution in [1.29, 1.82) is 0 Å². The summed E-state index contributed by atoms with van der Waals surface area (Å²) in [4.78, 5) is 22.2. The smallest absolute Gasteiger partial charge is 0.220 e. The van der Waals surface area contributed by atoms with Crippen LogP contribution in [0.5, 0.6) is 0 Å². The summed E-state index contributed by atoms with van der Waals surface area (Å²) >= 11 is 1.98. The molecular weight excluding hydrogens is 222 g/mol. The number of hydrogen-bond acceptors (Lipinski definition) is 3. The standard InChI is InChI=1S/C12H21NO2S/c1-3-16-11-6-5-10(8-11)13-12(15)7-4-9(2)14/h10-11H,3-8H2,1-2H3,(H,13,15). The van der Waals surface area contributed by atoms with Crippen molar-refractivity contribution in [3.05, 3.63) is 0 Å². The third kappa shape index (κ3) is 5.01. The van der Waals surface area contributed by atoms with Gasteiger partial charge in [0.15, 0.2) is 0 Å². The van der Waals surface area contributed by atoms with Crippen LogP contribution in [-0.2, 0) is 9.59 Å². The zero-order chi connectivity index (χ0) is 12.0. The molecule has 3 nitrogen and oxygen atoms in total. The maximum Gasteiger partial charge on any atom is 0.220 e. The van der Waals surface area contributed by atoms with Gasteiger partial charge in [-0.25, -0.2) is 0 Å². The van der Waals surface area contributed by atoms with Crippen molar-refractivity contribution in [2.75, 3.05) is 5.75 Å². The molecular formula is C12H21NO2S. The summed E-state index contributed by atoms with van der Waals surface area (Å²) in [6.07, 6.45) is 4.09. The van der Waals surface area contributed by atoms with E-state index in [1.807, 2.05) is 11.8 Å². The average molecular weight is 243 g/mol. The largest absolute Gasteiger partial charge is 0.353 e. The highest BCUT2D eigenvalue weighted by Crippen LogP contribution is 2.29. The van der Waals surface area contributed by atoms with E-state index in [1.54, 1.807) is 0 Å². The summed E-state index contributed by atoms with van der Waals surface area (Å²) in [5, 5.41) is 3.73. The quantitative estimate of drug-likeness (QED) is 0.777. The lowest BCUT2D eigenvalue weighted by molar-refractivity contribution is -0.125. The van der Waals surface area contributed by atoms with E-state index in [9.17, 15) is 9.59 Å². The molecule has 16 heavy (non-hydrogen) atoms. The molecule has 4 heteroatoms. The highest BCUT2D eigenvalue weighted by Gasteiger charge is 2.25. The SMILES string of the molecule is CCSC1CCC(NC(=O)CCC(C)=O)C1. The molecule has 0 saturated heterocycles. The number of carbonyl (C=O) groups is 2. The van der Waals surface area contributed by atoms with Crippen molar-refractivity contribution in [3.8, 4) is 0 Å². The molecule has 1 fully saturated rings. The van der Waals surface area contributed by atoms with Gasteiger partial charge >= 0.3 is 0 Å². The fourth-order valence-electron chi connectivity index (χ4n) is 2.05. The van der Waals surface area contributed by atoms with Crippen LogP contribution in [0.25, 0.3) is 0 Å². The van der Waals surface area contributed by atoms with E-state index in [2.05, 4.69) is 12.2 Å². The Balaban J connectivity index is 2.18. The Hall–Kier alpha value is -0.510. The van der Waals surface area contributed by atoms with Gasteiger partial charge in [-0.1, -0.05) is 6.92 Å². The molecule has 0 aromatic heterocycles. The number of carbonyl (C=O) groups excluding carboxylic acids is 2. The molecule has 92 valence electrons. The molecule has 0 aromatic carbocycles. The van der Waals surface area contributed by atoms with Gasteiger partial charge in [-0.05, 0) is 31.9 Å². The van der Waals surface area contributed by atoms with Crippen LogP contribution in [0.4, 0.5) is 0 Å². The predicted molar refractivity (Wildman–Crippen MR) is 67.6 cm³/mol. The van der Waals surface area contributed by atoms with E-state index in [0.29, 0.717) is 24.1 Å². The third-order valence-electron chi connectivity index (χ3n) is 2.86. The summed E-state index contributed by atoms with van der Waals surface area (Å²) in [6, 6.07) is 0.337. The first kappa shape index (κ1) is 13.6. The average Bonchev–Trinajstić information content (AvgIpc) is 2.63. The van der Waals surface area contributed by atoms with Crippen LogP contribution in [0.2, 0.25) is 0 Å². The molecule has 1 aliphatic rings. The summed E-state index contributed by atoms with van der Waals surface area (Å²) in [6.45, 7) is 3.69. The highest BCUT2D eigenvalue weighted by atomic mass is 32.2. The van der Waals surface area contributed by atoms with Gasteiger partial charge in [0.2, 0.25) is 5.91 Å². The van der Waals surface area contributed by atoms with Crippen LogP contribution in [0.1, 0.15) is 46.0 Å². The van der Waals surface area contributed by atoms with Gasteiger partial charge < -0.3 is 10.1 Å². The maximum absolute atomic E-state index is 11.5. The van der Waals surface area contributed by atoms with Crippen molar-refractivity contribution < 1.29 is 9.59 Å². The molecule has 0 heterocycles. The number of Topliss-reactive ketones (excluding diaryl/α,β-unsaturated/α-hetero) is 1. The fourth-order valence-corrected chi connectivity index (χ4v) is 3.19. The van der Waals surface area contributed by atoms with Crippen LogP contribution in [-0.4, -0.2) is 28.7 Å². The maximum atomic E-state index is 11.5. The minimum atomic E-state index is 0.0300. The molecule has 2 unspecified atom stereocenters. The second-order valence-corrected chi connectivity index (χ2v) is 5.93. The van der Waals surface area contributed by atoms with Crippen LogP contribution < -0.4 is 5.32 Å². The molecule has 1 aliphatic carbocycles. The molecule has 1 amide bonds. The van der Waals surface area contributed by atoms with E-state index in [-0.39, 0.29) is 11.7 Å². The molecule has 0 aliphatic heterocycles. The number of ketones is 1. The van der Waals surface area contributed by atoms with E-state index in [0.717, 1.165) is 18.6 Å². The fraction of sp³-hybridized carbons (Fsp3) is 0.833. The molecule has 1 N–H and O–H groups in total. The van der Waals surface area contributed by atoms with E-state index in [4.69, 9.17) is 0 Å². The Morgan fingerprint density at radius 1 is 1.31 bits per heavy atom. The highest BCUT2D eigenvalue weighted by molar-refractivity contribution is 7.99. The van der Waals surface area contributed by atoms with Crippen LogP contribution in [0.15, 0.2) is 0 Å². The first-order chi connectivity index (χ1) is 7.61. The molecule has 0 bridgehead atoms. The van der Waals surface area contributed by atoms with E-state index >= 15 is 0 Å². The Morgan fingerprint density at radius 3 is 2.69 bits per heavy atom. The molecule has 2 atom stereocenters. The van der Waals surface area contributed by atoms with Gasteiger partial charge in [-0.3, -0.25) is 4.79 Å². The van der Waals surface area contributed by atoms with Gasteiger partial charge in [-0.15, -0.1) is 0 Å². The van der Waals surface area contributed by atoms with Crippen molar-refractivity contribution in [2.45, 2.75) is 57.2 Å². The second kappa shape index (κ2) is 6.94. The number of rotatable bonds is 6. The van der Waals surface area contributed by atoms with Gasteiger partial charge in [0.1, 0.15) is 5.78 Å². The summed E-state index contributed by atoms with van der Waals surface area (Å²) in [5.41, 5.74) is 0. The zero-order valence-electron chi connectivity index (χ0n) is 10.1. The van der Waals surface area contributed by atoms with Crippen molar-refractivity contribution >= 4 is 23.5 Å². The van der Waals surface area contributed by atoms with Crippen LogP contribution >= 0.6 is 11.8 Å². The topological polar surface area (TPSA) is 46.2 Å². The number of amides is 1. The number of nitrogens with one attached hydrogen (secondary N) is 1. The Labute approximate surface area is 102 Å². The lowest BCUT2D eigenvalue weighted by Gasteiger charge is -2.12. The minimum Gasteiger partial charge on any atom is -0.353 e. The molecule has 0 aromatic rings. The summed E-state index contributed by atoms with van der Waals surface area (Å²) < 4.78 is 0. The van der Waals surface area contributed by atoms with Gasteiger partial charge in [0.25, 0.3) is 0 Å². The lowest BCUT2D eigenvalue weighted by Crippen LogP contribution is -2.33. The van der Waals surface area contributed by atoms with Crippen molar-refractivity contribution in [3.63, 3.8) is 0 Å². The summed E-state index contributed by atoms with van der Waals surface area (Å²) in [5.74, 6) is 1.26. The zero-order valence-corrected chi connectivity index (χ0v) is 10.9. The van der Waals surface area contributed by atoms with Gasteiger partial charge in [0.05, 0.1) is 0 Å². The summed E-state index contributed by atoms with van der Waals surface area (Å²) in [7, 11) is 0. The molecule has 1 rings (SSSR count). The second-order valence-electron chi connectivity index (χ2n) is 4.36. The normalized spacial score (nSPS) is 24.4. The Kier molecular flexibility index (Phi) is 5.88. The number of thioether (sulfide) groups is 1. The van der Waals surface area contributed by atoms with E-state index < -0.39 is 0 Å². The van der Waals surface area contributed by atoms with Gasteiger partial charge in [-0.2, -0.15) is 11.8 Å². The monoisotopic (exact) mass is 243 g/mol. The van der Waals surface area contributed by atoms with Crippen molar-refractivity contribution in [1.82, 2.24) is 5.32 Å². The first-order valence-electron chi connectivity index (χ1n) is 6.02. The van der Waals surface area contributed by atoms with Gasteiger partial charge in [0, 0.05) is 24.1 Å². The first-order valence-corrected chi connectivity index (χ1v) is 7.07. The van der Waals surface area contributed by atoms with Crippen LogP contribution in [0, 0.1) is 0 Å². The predicted octanol–water partition coefficient (Wildman–Crippen LogP) is 2.15. The molecule has 0 radical (unpaired) electrons. The van der Waals surface area contributed by atoms with Crippen molar-refractivity contribution in [2.24, 2.45) is 0 Å².